The van der Waals surface area contributed by atoms with Gasteiger partial charge in [-0.15, -0.1) is 22.7 Å². The average Bonchev–Trinajstić information content (AvgIpc) is 3.91. The minimum atomic E-state index is 0.880. The van der Waals surface area contributed by atoms with E-state index in [0.29, 0.717) is 0 Å². The van der Waals surface area contributed by atoms with Crippen LogP contribution < -0.4 is 4.90 Å². The third kappa shape index (κ3) is 4.48. The molecular weight excluding hydrogens is 671 g/mol. The van der Waals surface area contributed by atoms with Gasteiger partial charge in [0.05, 0.1) is 11.4 Å². The van der Waals surface area contributed by atoms with Gasteiger partial charge in [0.1, 0.15) is 5.58 Å². The molecule has 0 unspecified atom stereocenters. The second kappa shape index (κ2) is 11.7. The molecule has 0 bridgehead atoms. The molecule has 0 saturated heterocycles. The lowest BCUT2D eigenvalue weighted by Gasteiger charge is -2.27. The Labute approximate surface area is 308 Å². The maximum atomic E-state index is 6.75. The lowest BCUT2D eigenvalue weighted by atomic mass is 9.99. The number of nitrogens with zero attached hydrogens (tertiary/aromatic N) is 1. The molecule has 0 amide bonds. The second-order valence-corrected chi connectivity index (χ2v) is 15.3. The number of anilines is 3. The monoisotopic (exact) mass is 699 g/mol. The molecule has 4 heteroatoms. The van der Waals surface area contributed by atoms with E-state index >= 15 is 0 Å². The molecule has 0 fully saturated rings. The number of hydrogen-bond acceptors (Lipinski definition) is 4. The molecule has 0 atom stereocenters. The average molecular weight is 700 g/mol. The summed E-state index contributed by atoms with van der Waals surface area (Å²) in [6.45, 7) is 0. The molecule has 0 spiro atoms. The lowest BCUT2D eigenvalue weighted by molar-refractivity contribution is 0.669. The number of benzene rings is 8. The van der Waals surface area contributed by atoms with Gasteiger partial charge in [0, 0.05) is 56.8 Å². The second-order valence-electron chi connectivity index (χ2n) is 13.2. The SMILES string of the molecule is c1ccc(-c2cccc3c2sc2ccc(N(c4cccc5c4oc4ccccc45)c4ccc(-c5ccccc5)c5sc6ccccc6c45)cc23)cc1. The molecule has 3 heterocycles. The van der Waals surface area contributed by atoms with Crippen molar-refractivity contribution in [3.05, 3.63) is 176 Å². The van der Waals surface area contributed by atoms with Crippen LogP contribution in [0, 0.1) is 0 Å². The molecule has 244 valence electrons. The highest BCUT2D eigenvalue weighted by molar-refractivity contribution is 7.26. The zero-order valence-corrected chi connectivity index (χ0v) is 29.5. The smallest absolute Gasteiger partial charge is 0.159 e. The van der Waals surface area contributed by atoms with E-state index in [1.54, 1.807) is 0 Å². The van der Waals surface area contributed by atoms with Crippen molar-refractivity contribution in [3.8, 4) is 22.3 Å². The van der Waals surface area contributed by atoms with Crippen molar-refractivity contribution in [2.45, 2.75) is 0 Å². The molecular formula is C48H29NOS2. The van der Waals surface area contributed by atoms with Crippen molar-refractivity contribution in [2.75, 3.05) is 4.90 Å². The Morgan fingerprint density at radius 2 is 1.04 bits per heavy atom. The van der Waals surface area contributed by atoms with Crippen LogP contribution in [0.25, 0.3) is 84.5 Å². The Balaban J connectivity index is 1.23. The van der Waals surface area contributed by atoms with Crippen LogP contribution in [0.15, 0.2) is 180 Å². The number of fused-ring (bicyclic) bond motifs is 9. The van der Waals surface area contributed by atoms with Gasteiger partial charge in [-0.1, -0.05) is 133 Å². The lowest BCUT2D eigenvalue weighted by Crippen LogP contribution is -2.10. The van der Waals surface area contributed by atoms with Gasteiger partial charge < -0.3 is 9.32 Å². The highest BCUT2D eigenvalue weighted by Gasteiger charge is 2.25. The summed E-state index contributed by atoms with van der Waals surface area (Å²) in [5, 5.41) is 7.26. The fourth-order valence-electron chi connectivity index (χ4n) is 7.93. The highest BCUT2D eigenvalue weighted by Crippen LogP contribution is 2.51. The molecule has 0 aliphatic heterocycles. The Bertz CT molecular complexity index is 3130. The Morgan fingerprint density at radius 1 is 0.404 bits per heavy atom. The first-order chi connectivity index (χ1) is 25.8. The first-order valence-electron chi connectivity index (χ1n) is 17.5. The van der Waals surface area contributed by atoms with E-state index in [1.165, 1.54) is 62.6 Å². The van der Waals surface area contributed by atoms with Gasteiger partial charge in [0.15, 0.2) is 5.58 Å². The van der Waals surface area contributed by atoms with E-state index in [4.69, 9.17) is 4.42 Å². The summed E-state index contributed by atoms with van der Waals surface area (Å²) < 4.78 is 11.9. The molecule has 8 aromatic carbocycles. The minimum absolute atomic E-state index is 0.880. The molecule has 0 saturated carbocycles. The molecule has 52 heavy (non-hydrogen) atoms. The number of hydrogen-bond donors (Lipinski definition) is 0. The van der Waals surface area contributed by atoms with Crippen molar-refractivity contribution >= 4 is 102 Å². The quantitative estimate of drug-likeness (QED) is 0.178. The Hall–Kier alpha value is -6.20. The maximum absolute atomic E-state index is 6.75. The van der Waals surface area contributed by atoms with E-state index in [9.17, 15) is 0 Å². The summed E-state index contributed by atoms with van der Waals surface area (Å²) in [6, 6.07) is 63.5. The van der Waals surface area contributed by atoms with Crippen molar-refractivity contribution < 1.29 is 4.42 Å². The summed E-state index contributed by atoms with van der Waals surface area (Å²) in [5.74, 6) is 0. The van der Waals surface area contributed by atoms with E-state index in [0.717, 1.165) is 39.0 Å². The topological polar surface area (TPSA) is 16.4 Å². The fourth-order valence-corrected chi connectivity index (χ4v) is 10.4. The van der Waals surface area contributed by atoms with Crippen LogP contribution in [-0.2, 0) is 0 Å². The molecule has 0 N–H and O–H groups in total. The van der Waals surface area contributed by atoms with Gasteiger partial charge in [-0.3, -0.25) is 0 Å². The molecule has 0 aliphatic rings. The third-order valence-electron chi connectivity index (χ3n) is 10.3. The van der Waals surface area contributed by atoms with E-state index in [1.807, 2.05) is 28.7 Å². The number of rotatable bonds is 5. The normalized spacial score (nSPS) is 11.8. The van der Waals surface area contributed by atoms with Crippen LogP contribution in [0.1, 0.15) is 0 Å². The predicted molar refractivity (Wildman–Crippen MR) is 225 cm³/mol. The van der Waals surface area contributed by atoms with Crippen LogP contribution in [0.3, 0.4) is 0 Å². The van der Waals surface area contributed by atoms with Crippen molar-refractivity contribution in [1.29, 1.82) is 0 Å². The van der Waals surface area contributed by atoms with Crippen LogP contribution in [0.4, 0.5) is 17.1 Å². The molecule has 11 rings (SSSR count). The highest BCUT2D eigenvalue weighted by atomic mass is 32.1. The Morgan fingerprint density at radius 3 is 1.87 bits per heavy atom. The largest absolute Gasteiger partial charge is 0.454 e. The molecule has 0 aliphatic carbocycles. The summed E-state index contributed by atoms with van der Waals surface area (Å²) in [4.78, 5) is 2.44. The summed E-state index contributed by atoms with van der Waals surface area (Å²) in [7, 11) is 0. The summed E-state index contributed by atoms with van der Waals surface area (Å²) >= 11 is 3.74. The van der Waals surface area contributed by atoms with Gasteiger partial charge in [-0.2, -0.15) is 0 Å². The van der Waals surface area contributed by atoms with E-state index in [2.05, 4.69) is 175 Å². The van der Waals surface area contributed by atoms with Crippen molar-refractivity contribution in [1.82, 2.24) is 0 Å². The maximum Gasteiger partial charge on any atom is 0.159 e. The number of thiophene rings is 2. The third-order valence-corrected chi connectivity index (χ3v) is 12.7. The van der Waals surface area contributed by atoms with E-state index < -0.39 is 0 Å². The van der Waals surface area contributed by atoms with Gasteiger partial charge >= 0.3 is 0 Å². The fraction of sp³-hybridized carbons (Fsp3) is 0. The molecule has 2 nitrogen and oxygen atoms in total. The predicted octanol–water partition coefficient (Wildman–Crippen LogP) is 15.1. The first-order valence-corrected chi connectivity index (χ1v) is 19.1. The zero-order valence-electron chi connectivity index (χ0n) is 27.9. The minimum Gasteiger partial charge on any atom is -0.454 e. The van der Waals surface area contributed by atoms with Gasteiger partial charge in [0.25, 0.3) is 0 Å². The van der Waals surface area contributed by atoms with Gasteiger partial charge in [-0.05, 0) is 64.7 Å². The van der Waals surface area contributed by atoms with Crippen molar-refractivity contribution in [2.24, 2.45) is 0 Å². The Kier molecular flexibility index (Phi) is 6.63. The summed E-state index contributed by atoms with van der Waals surface area (Å²) in [5.41, 5.74) is 9.98. The molecule has 0 radical (unpaired) electrons. The van der Waals surface area contributed by atoms with Gasteiger partial charge in [-0.25, -0.2) is 0 Å². The van der Waals surface area contributed by atoms with Crippen molar-refractivity contribution in [3.63, 3.8) is 0 Å². The van der Waals surface area contributed by atoms with Crippen LogP contribution >= 0.6 is 22.7 Å². The van der Waals surface area contributed by atoms with Gasteiger partial charge in [0.2, 0.25) is 0 Å². The van der Waals surface area contributed by atoms with Crippen LogP contribution in [0.5, 0.6) is 0 Å². The zero-order chi connectivity index (χ0) is 34.2. The van der Waals surface area contributed by atoms with Crippen LogP contribution in [0.2, 0.25) is 0 Å². The first kappa shape index (κ1) is 29.5. The standard InChI is InChI=1S/C48H29NOS2/c1-3-13-30(14-4-1)33-19-11-21-37-39-29-32(25-28-44(39)51-47(33)37)49(41-22-12-20-36-35-17-7-9-23-42(35)50-46(36)41)40-27-26-34(31-15-5-2-6-16-31)48-45(40)38-18-8-10-24-43(38)52-48/h1-29H. The number of furan rings is 1. The van der Waals surface area contributed by atoms with E-state index in [-0.39, 0.29) is 0 Å². The molecule has 3 aromatic heterocycles. The summed E-state index contributed by atoms with van der Waals surface area (Å²) in [6.07, 6.45) is 0. The number of para-hydroxylation sites is 2. The molecule has 11 aromatic rings. The van der Waals surface area contributed by atoms with Crippen LogP contribution in [-0.4, -0.2) is 0 Å².